The zero-order valence-electron chi connectivity index (χ0n) is 9.99. The molecule has 1 fully saturated rings. The standard InChI is InChI=1S/C10H11N5O4/c1-5-10(17)13-8(16)4-14(5)9-6(15(18)19)2-3-7(11)12-9/h2-3,5H,4H2,1H3,(H2,11,12)(H,13,16,17). The maximum Gasteiger partial charge on any atom is 0.311 e. The predicted octanol–water partition coefficient (Wildman–Crippen LogP) is -0.577. The van der Waals surface area contributed by atoms with Gasteiger partial charge in [0, 0.05) is 6.07 Å². The van der Waals surface area contributed by atoms with Crippen molar-refractivity contribution in [3.8, 4) is 0 Å². The number of pyridine rings is 1. The molecule has 2 amide bonds. The molecule has 0 bridgehead atoms. The summed E-state index contributed by atoms with van der Waals surface area (Å²) in [5.41, 5.74) is 5.20. The van der Waals surface area contributed by atoms with Gasteiger partial charge in [0.2, 0.25) is 17.6 Å². The molecule has 100 valence electrons. The number of nitrogens with one attached hydrogen (secondary N) is 1. The number of carbonyl (C=O) groups excluding carboxylic acids is 2. The lowest BCUT2D eigenvalue weighted by atomic mass is 10.2. The Kier molecular flexibility index (Phi) is 3.03. The van der Waals surface area contributed by atoms with Crippen molar-refractivity contribution < 1.29 is 14.5 Å². The number of amides is 2. The van der Waals surface area contributed by atoms with Crippen LogP contribution in [0.2, 0.25) is 0 Å². The molecule has 19 heavy (non-hydrogen) atoms. The van der Waals surface area contributed by atoms with Crippen LogP contribution in [0.25, 0.3) is 0 Å². The second-order valence-electron chi connectivity index (χ2n) is 4.05. The van der Waals surface area contributed by atoms with Crippen molar-refractivity contribution in [1.29, 1.82) is 0 Å². The molecule has 1 aliphatic heterocycles. The Hall–Kier alpha value is -2.71. The van der Waals surface area contributed by atoms with E-state index in [0.29, 0.717) is 0 Å². The van der Waals surface area contributed by atoms with E-state index in [1.54, 1.807) is 0 Å². The Labute approximate surface area is 107 Å². The van der Waals surface area contributed by atoms with Crippen LogP contribution < -0.4 is 16.0 Å². The molecule has 2 rings (SSSR count). The first-order chi connectivity index (χ1) is 8.90. The third-order valence-corrected chi connectivity index (χ3v) is 2.77. The lowest BCUT2D eigenvalue weighted by molar-refractivity contribution is -0.384. The van der Waals surface area contributed by atoms with Crippen molar-refractivity contribution in [2.45, 2.75) is 13.0 Å². The third-order valence-electron chi connectivity index (χ3n) is 2.77. The molecule has 0 aromatic carbocycles. The fraction of sp³-hybridized carbons (Fsp3) is 0.300. The monoisotopic (exact) mass is 265 g/mol. The molecule has 1 atom stereocenters. The minimum absolute atomic E-state index is 0.0752. The number of nitrogen functional groups attached to an aromatic ring is 1. The SMILES string of the molecule is CC1C(=O)NC(=O)CN1c1nc(N)ccc1[N+](=O)[O-]. The fourth-order valence-corrected chi connectivity index (χ4v) is 1.78. The highest BCUT2D eigenvalue weighted by Crippen LogP contribution is 2.29. The van der Waals surface area contributed by atoms with Crippen LogP contribution in [0, 0.1) is 10.1 Å². The first-order valence-corrected chi connectivity index (χ1v) is 5.41. The van der Waals surface area contributed by atoms with E-state index in [1.165, 1.54) is 24.0 Å². The van der Waals surface area contributed by atoms with Gasteiger partial charge < -0.3 is 10.6 Å². The van der Waals surface area contributed by atoms with Crippen molar-refractivity contribution in [3.05, 3.63) is 22.2 Å². The van der Waals surface area contributed by atoms with Gasteiger partial charge in [0.25, 0.3) is 0 Å². The predicted molar refractivity (Wildman–Crippen MR) is 65.3 cm³/mol. The lowest BCUT2D eigenvalue weighted by Crippen LogP contribution is -2.57. The lowest BCUT2D eigenvalue weighted by Gasteiger charge is -2.32. The largest absolute Gasteiger partial charge is 0.384 e. The number of imide groups is 1. The van der Waals surface area contributed by atoms with Crippen LogP contribution in [0.5, 0.6) is 0 Å². The molecule has 9 heteroatoms. The molecule has 0 aliphatic carbocycles. The van der Waals surface area contributed by atoms with Gasteiger partial charge in [0.1, 0.15) is 11.9 Å². The van der Waals surface area contributed by atoms with E-state index in [0.717, 1.165) is 0 Å². The smallest absolute Gasteiger partial charge is 0.311 e. The molecule has 9 nitrogen and oxygen atoms in total. The summed E-state index contributed by atoms with van der Waals surface area (Å²) in [5, 5.41) is 13.1. The number of carbonyl (C=O) groups is 2. The highest BCUT2D eigenvalue weighted by Gasteiger charge is 2.35. The molecule has 0 radical (unpaired) electrons. The quantitative estimate of drug-likeness (QED) is 0.415. The average Bonchev–Trinajstić information content (AvgIpc) is 2.33. The molecular formula is C10H11N5O4. The number of nitrogens with zero attached hydrogens (tertiary/aromatic N) is 3. The number of hydrogen-bond donors (Lipinski definition) is 2. The first kappa shape index (κ1) is 12.7. The Balaban J connectivity index is 2.50. The van der Waals surface area contributed by atoms with Crippen molar-refractivity contribution in [2.75, 3.05) is 17.2 Å². The fourth-order valence-electron chi connectivity index (χ4n) is 1.78. The molecule has 3 N–H and O–H groups in total. The van der Waals surface area contributed by atoms with Crippen LogP contribution in [-0.2, 0) is 9.59 Å². The number of hydrogen-bond acceptors (Lipinski definition) is 7. The number of anilines is 2. The van der Waals surface area contributed by atoms with Gasteiger partial charge in [-0.05, 0) is 13.0 Å². The number of nitrogens with two attached hydrogens (primary N) is 1. The van der Waals surface area contributed by atoms with Gasteiger partial charge in [-0.1, -0.05) is 0 Å². The average molecular weight is 265 g/mol. The molecule has 2 heterocycles. The van der Waals surface area contributed by atoms with Crippen molar-refractivity contribution in [1.82, 2.24) is 10.3 Å². The molecular weight excluding hydrogens is 254 g/mol. The zero-order valence-corrected chi connectivity index (χ0v) is 9.99. The van der Waals surface area contributed by atoms with Crippen LogP contribution in [0.3, 0.4) is 0 Å². The Bertz CT molecular complexity index is 573. The van der Waals surface area contributed by atoms with Gasteiger partial charge >= 0.3 is 5.69 Å². The second kappa shape index (κ2) is 4.52. The van der Waals surface area contributed by atoms with Gasteiger partial charge in [-0.2, -0.15) is 0 Å². The van der Waals surface area contributed by atoms with E-state index in [9.17, 15) is 19.7 Å². The first-order valence-electron chi connectivity index (χ1n) is 5.41. The van der Waals surface area contributed by atoms with Crippen LogP contribution in [0.1, 0.15) is 6.92 Å². The van der Waals surface area contributed by atoms with Crippen LogP contribution in [0.4, 0.5) is 17.3 Å². The molecule has 1 aromatic heterocycles. The van der Waals surface area contributed by atoms with Crippen LogP contribution in [-0.4, -0.2) is 34.3 Å². The van der Waals surface area contributed by atoms with Gasteiger partial charge in [-0.3, -0.25) is 25.0 Å². The molecule has 1 aliphatic rings. The summed E-state index contributed by atoms with van der Waals surface area (Å²) in [6, 6.07) is 1.74. The summed E-state index contributed by atoms with van der Waals surface area (Å²) in [5.74, 6) is -1.08. The van der Waals surface area contributed by atoms with E-state index in [1.807, 2.05) is 0 Å². The Morgan fingerprint density at radius 1 is 1.53 bits per heavy atom. The van der Waals surface area contributed by atoms with Gasteiger partial charge in [-0.15, -0.1) is 0 Å². The van der Waals surface area contributed by atoms with Crippen LogP contribution in [0.15, 0.2) is 12.1 Å². The molecule has 1 unspecified atom stereocenters. The summed E-state index contributed by atoms with van der Waals surface area (Å²) in [4.78, 5) is 38.4. The van der Waals surface area contributed by atoms with E-state index in [2.05, 4.69) is 10.3 Å². The van der Waals surface area contributed by atoms with Crippen molar-refractivity contribution in [2.24, 2.45) is 0 Å². The minimum atomic E-state index is -0.745. The van der Waals surface area contributed by atoms with E-state index in [-0.39, 0.29) is 23.9 Å². The number of nitro groups is 1. The Morgan fingerprint density at radius 2 is 2.21 bits per heavy atom. The topological polar surface area (TPSA) is 131 Å². The molecule has 1 saturated heterocycles. The molecule has 0 saturated carbocycles. The highest BCUT2D eigenvalue weighted by molar-refractivity contribution is 6.04. The number of piperazine rings is 1. The molecule has 1 aromatic rings. The highest BCUT2D eigenvalue weighted by atomic mass is 16.6. The van der Waals surface area contributed by atoms with Crippen molar-refractivity contribution >= 4 is 29.1 Å². The van der Waals surface area contributed by atoms with E-state index in [4.69, 9.17) is 5.73 Å². The zero-order chi connectivity index (χ0) is 14.2. The molecule has 0 spiro atoms. The summed E-state index contributed by atoms with van der Waals surface area (Å²) >= 11 is 0. The second-order valence-corrected chi connectivity index (χ2v) is 4.05. The summed E-state index contributed by atoms with van der Waals surface area (Å²) in [6.07, 6.45) is 0. The van der Waals surface area contributed by atoms with Crippen molar-refractivity contribution in [3.63, 3.8) is 0 Å². The normalized spacial score (nSPS) is 19.2. The summed E-state index contributed by atoms with van der Waals surface area (Å²) < 4.78 is 0. The van der Waals surface area contributed by atoms with Gasteiger partial charge in [0.15, 0.2) is 0 Å². The summed E-state index contributed by atoms with van der Waals surface area (Å²) in [6.45, 7) is 1.33. The number of aromatic nitrogens is 1. The van der Waals surface area contributed by atoms with Gasteiger partial charge in [0.05, 0.1) is 11.5 Å². The Morgan fingerprint density at radius 3 is 2.84 bits per heavy atom. The maximum absolute atomic E-state index is 11.6. The number of rotatable bonds is 2. The van der Waals surface area contributed by atoms with Crippen LogP contribution >= 0.6 is 0 Å². The van der Waals surface area contributed by atoms with E-state index < -0.39 is 22.8 Å². The summed E-state index contributed by atoms with van der Waals surface area (Å²) in [7, 11) is 0. The maximum atomic E-state index is 11.6. The minimum Gasteiger partial charge on any atom is -0.384 e. The van der Waals surface area contributed by atoms with E-state index >= 15 is 0 Å². The third kappa shape index (κ3) is 2.30. The van der Waals surface area contributed by atoms with Gasteiger partial charge in [-0.25, -0.2) is 4.98 Å².